The average Bonchev–Trinajstić information content (AvgIpc) is 3.27. The lowest BCUT2D eigenvalue weighted by molar-refractivity contribution is -0.133. The molecule has 1 aromatic heterocycles. The molecule has 0 unspecified atom stereocenters. The highest BCUT2D eigenvalue weighted by Gasteiger charge is 2.22. The summed E-state index contributed by atoms with van der Waals surface area (Å²) in [5.74, 6) is 1.37. The number of rotatable bonds is 7. The van der Waals surface area contributed by atoms with Crippen LogP contribution in [0.4, 0.5) is 0 Å². The van der Waals surface area contributed by atoms with Gasteiger partial charge < -0.3 is 9.42 Å². The van der Waals surface area contributed by atoms with Gasteiger partial charge in [0.25, 0.3) is 0 Å². The molecule has 162 valence electrons. The third-order valence-electron chi connectivity index (χ3n) is 5.71. The zero-order valence-corrected chi connectivity index (χ0v) is 18.5. The van der Waals surface area contributed by atoms with Crippen LogP contribution in [0.5, 0.6) is 0 Å². The Morgan fingerprint density at radius 1 is 1.00 bits per heavy atom. The van der Waals surface area contributed by atoms with Crippen molar-refractivity contribution in [1.29, 1.82) is 0 Å². The average molecular weight is 439 g/mol. The van der Waals surface area contributed by atoms with E-state index in [2.05, 4.69) is 46.2 Å². The normalized spacial score (nSPS) is 14.7. The summed E-state index contributed by atoms with van der Waals surface area (Å²) in [6.45, 7) is 5.80. The van der Waals surface area contributed by atoms with E-state index in [0.29, 0.717) is 29.7 Å². The Hall–Kier alpha value is -2.70. The predicted octanol–water partition coefficient (Wildman–Crippen LogP) is 4.23. The molecule has 0 saturated carbocycles. The predicted molar refractivity (Wildman–Crippen MR) is 121 cm³/mol. The lowest BCUT2D eigenvalue weighted by Gasteiger charge is -2.34. The monoisotopic (exact) mass is 438 g/mol. The Kier molecular flexibility index (Phi) is 6.99. The molecule has 7 heteroatoms. The number of carbonyl (C=O) groups is 1. The van der Waals surface area contributed by atoms with Gasteiger partial charge in [-0.05, 0) is 48.2 Å². The Labute approximate surface area is 187 Å². The van der Waals surface area contributed by atoms with Gasteiger partial charge in [-0.15, -0.1) is 0 Å². The summed E-state index contributed by atoms with van der Waals surface area (Å²) in [7, 11) is 0. The third kappa shape index (κ3) is 5.71. The Morgan fingerprint density at radius 3 is 2.35 bits per heavy atom. The van der Waals surface area contributed by atoms with E-state index in [1.807, 2.05) is 29.2 Å². The van der Waals surface area contributed by atoms with E-state index < -0.39 is 0 Å². The molecule has 0 N–H and O–H groups in total. The molecule has 0 bridgehead atoms. The summed E-state index contributed by atoms with van der Waals surface area (Å²) in [4.78, 5) is 21.3. The van der Waals surface area contributed by atoms with Crippen molar-refractivity contribution in [3.05, 3.63) is 70.6 Å². The zero-order valence-electron chi connectivity index (χ0n) is 17.8. The van der Waals surface area contributed by atoms with Gasteiger partial charge >= 0.3 is 0 Å². The fourth-order valence-corrected chi connectivity index (χ4v) is 3.86. The molecule has 2 aromatic carbocycles. The van der Waals surface area contributed by atoms with E-state index >= 15 is 0 Å². The third-order valence-corrected chi connectivity index (χ3v) is 5.97. The van der Waals surface area contributed by atoms with Gasteiger partial charge in [-0.1, -0.05) is 47.9 Å². The molecule has 1 amide bonds. The Balaban J connectivity index is 1.23. The van der Waals surface area contributed by atoms with E-state index in [-0.39, 0.29) is 5.91 Å². The number of nitrogens with zero attached hydrogens (tertiary/aromatic N) is 4. The van der Waals surface area contributed by atoms with E-state index in [9.17, 15) is 4.79 Å². The van der Waals surface area contributed by atoms with Crippen molar-refractivity contribution in [3.63, 3.8) is 0 Å². The molecule has 1 fully saturated rings. The second-order valence-electron chi connectivity index (χ2n) is 7.85. The topological polar surface area (TPSA) is 62.5 Å². The van der Waals surface area contributed by atoms with Gasteiger partial charge in [0.1, 0.15) is 0 Å². The summed E-state index contributed by atoms with van der Waals surface area (Å²) in [6.07, 6.45) is 2.38. The number of halogens is 1. The maximum Gasteiger partial charge on any atom is 0.241 e. The van der Waals surface area contributed by atoms with Gasteiger partial charge in [-0.2, -0.15) is 4.98 Å². The molecule has 2 heterocycles. The molecule has 0 aliphatic carbocycles. The molecule has 1 aliphatic rings. The van der Waals surface area contributed by atoms with Crippen molar-refractivity contribution >= 4 is 17.5 Å². The standard InChI is InChI=1S/C24H27ClN4O2/c1-2-18-3-5-19(6-4-18)7-12-23(30)29-15-13-28(14-16-29)17-22-26-24(27-31-22)20-8-10-21(25)11-9-20/h3-6,8-11H,2,7,12-17H2,1H3. The molecular formula is C24H27ClN4O2. The lowest BCUT2D eigenvalue weighted by atomic mass is 10.1. The van der Waals surface area contributed by atoms with Crippen molar-refractivity contribution in [2.24, 2.45) is 0 Å². The first kappa shape index (κ1) is 21.5. The molecule has 3 aromatic rings. The summed E-state index contributed by atoms with van der Waals surface area (Å²) >= 11 is 5.93. The number of hydrogen-bond donors (Lipinski definition) is 0. The lowest BCUT2D eigenvalue weighted by Crippen LogP contribution is -2.48. The molecule has 0 atom stereocenters. The zero-order chi connectivity index (χ0) is 21.6. The van der Waals surface area contributed by atoms with Gasteiger partial charge in [-0.25, -0.2) is 0 Å². The maximum atomic E-state index is 12.6. The van der Waals surface area contributed by atoms with Gasteiger partial charge in [0, 0.05) is 43.2 Å². The van der Waals surface area contributed by atoms with Crippen molar-refractivity contribution in [3.8, 4) is 11.4 Å². The molecule has 0 radical (unpaired) electrons. The minimum absolute atomic E-state index is 0.224. The molecule has 0 spiro atoms. The van der Waals surface area contributed by atoms with Crippen LogP contribution in [0, 0.1) is 0 Å². The SMILES string of the molecule is CCc1ccc(CCC(=O)N2CCN(Cc3nc(-c4ccc(Cl)cc4)no3)CC2)cc1. The quantitative estimate of drug-likeness (QED) is 0.552. The maximum absolute atomic E-state index is 12.6. The molecule has 31 heavy (non-hydrogen) atoms. The minimum atomic E-state index is 0.224. The first-order valence-corrected chi connectivity index (χ1v) is 11.1. The largest absolute Gasteiger partial charge is 0.340 e. The first-order chi connectivity index (χ1) is 15.1. The van der Waals surface area contributed by atoms with Crippen LogP contribution in [0.15, 0.2) is 53.1 Å². The Morgan fingerprint density at radius 2 is 1.68 bits per heavy atom. The van der Waals surface area contributed by atoms with Crippen LogP contribution in [-0.4, -0.2) is 52.0 Å². The van der Waals surface area contributed by atoms with Crippen molar-refractivity contribution in [2.75, 3.05) is 26.2 Å². The number of carbonyl (C=O) groups excluding carboxylic acids is 1. The number of amides is 1. The van der Waals surface area contributed by atoms with E-state index in [1.165, 1.54) is 11.1 Å². The summed E-state index contributed by atoms with van der Waals surface area (Å²) in [5.41, 5.74) is 3.42. The van der Waals surface area contributed by atoms with Gasteiger partial charge in [0.05, 0.1) is 6.54 Å². The number of benzene rings is 2. The van der Waals surface area contributed by atoms with Crippen LogP contribution in [-0.2, 0) is 24.2 Å². The minimum Gasteiger partial charge on any atom is -0.340 e. The Bertz CT molecular complexity index is 993. The van der Waals surface area contributed by atoms with Crippen LogP contribution >= 0.6 is 11.6 Å². The fourth-order valence-electron chi connectivity index (χ4n) is 3.73. The van der Waals surface area contributed by atoms with Crippen LogP contribution in [0.2, 0.25) is 5.02 Å². The number of aromatic nitrogens is 2. The van der Waals surface area contributed by atoms with Crippen LogP contribution in [0.25, 0.3) is 11.4 Å². The smallest absolute Gasteiger partial charge is 0.241 e. The van der Waals surface area contributed by atoms with Crippen molar-refractivity contribution in [1.82, 2.24) is 19.9 Å². The highest BCUT2D eigenvalue weighted by atomic mass is 35.5. The second kappa shape index (κ2) is 10.1. The van der Waals surface area contributed by atoms with Gasteiger partial charge in [0.2, 0.25) is 17.6 Å². The summed E-state index contributed by atoms with van der Waals surface area (Å²) < 4.78 is 5.41. The van der Waals surface area contributed by atoms with E-state index in [0.717, 1.165) is 44.6 Å². The van der Waals surface area contributed by atoms with Gasteiger partial charge in [0.15, 0.2) is 0 Å². The van der Waals surface area contributed by atoms with E-state index in [1.54, 1.807) is 0 Å². The second-order valence-corrected chi connectivity index (χ2v) is 8.28. The molecule has 1 saturated heterocycles. The van der Waals surface area contributed by atoms with Crippen LogP contribution < -0.4 is 0 Å². The molecule has 4 rings (SSSR count). The summed E-state index contributed by atoms with van der Waals surface area (Å²) in [6, 6.07) is 15.9. The molecular weight excluding hydrogens is 412 g/mol. The first-order valence-electron chi connectivity index (χ1n) is 10.8. The number of piperazine rings is 1. The highest BCUT2D eigenvalue weighted by Crippen LogP contribution is 2.19. The highest BCUT2D eigenvalue weighted by molar-refractivity contribution is 6.30. The number of aryl methyl sites for hydroxylation is 2. The number of hydrogen-bond acceptors (Lipinski definition) is 5. The van der Waals surface area contributed by atoms with E-state index in [4.69, 9.17) is 16.1 Å². The fraction of sp³-hybridized carbons (Fsp3) is 0.375. The molecule has 1 aliphatic heterocycles. The van der Waals surface area contributed by atoms with Crippen LogP contribution in [0.1, 0.15) is 30.4 Å². The van der Waals surface area contributed by atoms with Crippen molar-refractivity contribution in [2.45, 2.75) is 32.7 Å². The van der Waals surface area contributed by atoms with Gasteiger partial charge in [-0.3, -0.25) is 9.69 Å². The summed E-state index contributed by atoms with van der Waals surface area (Å²) in [5, 5.41) is 4.74. The van der Waals surface area contributed by atoms with Crippen molar-refractivity contribution < 1.29 is 9.32 Å². The molecule has 6 nitrogen and oxygen atoms in total. The van der Waals surface area contributed by atoms with Crippen LogP contribution in [0.3, 0.4) is 0 Å².